The second kappa shape index (κ2) is 5.13. The van der Waals surface area contributed by atoms with Crippen LogP contribution >= 0.6 is 0 Å². The van der Waals surface area contributed by atoms with Crippen LogP contribution in [-0.4, -0.2) is 26.4 Å². The van der Waals surface area contributed by atoms with E-state index in [1.165, 1.54) is 0 Å². The molecular weight excluding hydrogens is 176 g/mol. The molecule has 0 aromatic carbocycles. The summed E-state index contributed by atoms with van der Waals surface area (Å²) in [6.07, 6.45) is 1.09. The highest BCUT2D eigenvalue weighted by molar-refractivity contribution is 4.96. The first-order valence-corrected chi connectivity index (χ1v) is 5.42. The molecule has 0 aliphatic heterocycles. The Labute approximate surface area is 89.0 Å². The van der Waals surface area contributed by atoms with Gasteiger partial charge in [0.1, 0.15) is 0 Å². The van der Waals surface area contributed by atoms with Crippen molar-refractivity contribution < 1.29 is 9.47 Å². The van der Waals surface area contributed by atoms with Gasteiger partial charge >= 0.3 is 0 Å². The number of hydrogen-bond donors (Lipinski definition) is 0. The van der Waals surface area contributed by atoms with Crippen LogP contribution in [0.5, 0.6) is 0 Å². The van der Waals surface area contributed by atoms with Crippen LogP contribution in [0.4, 0.5) is 0 Å². The van der Waals surface area contributed by atoms with E-state index in [0.717, 1.165) is 6.42 Å². The van der Waals surface area contributed by atoms with Crippen LogP contribution in [0.3, 0.4) is 0 Å². The molecule has 0 unspecified atom stereocenters. The summed E-state index contributed by atoms with van der Waals surface area (Å²) in [7, 11) is 3.53. The monoisotopic (exact) mass is 202 g/mol. The van der Waals surface area contributed by atoms with Gasteiger partial charge in [-0.15, -0.1) is 0 Å². The fourth-order valence-electron chi connectivity index (χ4n) is 2.23. The molecule has 86 valence electrons. The minimum absolute atomic E-state index is 0.131. The Morgan fingerprint density at radius 2 is 1.64 bits per heavy atom. The predicted octanol–water partition coefficient (Wildman–Crippen LogP) is 3.11. The van der Waals surface area contributed by atoms with Gasteiger partial charge in [0, 0.05) is 14.2 Å². The van der Waals surface area contributed by atoms with Gasteiger partial charge in [-0.1, -0.05) is 34.6 Å². The fraction of sp³-hybridized carbons (Fsp3) is 1.00. The molecule has 0 radical (unpaired) electrons. The molecule has 0 spiro atoms. The van der Waals surface area contributed by atoms with Gasteiger partial charge in [0.15, 0.2) is 0 Å². The molecule has 0 bridgehead atoms. The van der Waals surface area contributed by atoms with Crippen LogP contribution in [-0.2, 0) is 9.47 Å². The summed E-state index contributed by atoms with van der Waals surface area (Å²) in [5, 5.41) is 0. The zero-order valence-corrected chi connectivity index (χ0v) is 10.8. The van der Waals surface area contributed by atoms with Crippen LogP contribution in [0.2, 0.25) is 0 Å². The molecule has 0 heterocycles. The second-order valence-electron chi connectivity index (χ2n) is 4.92. The van der Waals surface area contributed by atoms with Crippen molar-refractivity contribution in [2.75, 3.05) is 20.8 Å². The van der Waals surface area contributed by atoms with E-state index in [-0.39, 0.29) is 11.0 Å². The Balaban J connectivity index is 5.02. The zero-order chi connectivity index (χ0) is 11.4. The fourth-order valence-corrected chi connectivity index (χ4v) is 2.23. The molecule has 0 amide bonds. The maximum Gasteiger partial charge on any atom is 0.0983 e. The van der Waals surface area contributed by atoms with Gasteiger partial charge in [0.2, 0.25) is 0 Å². The van der Waals surface area contributed by atoms with Gasteiger partial charge in [0.05, 0.1) is 12.2 Å². The van der Waals surface area contributed by atoms with Crippen LogP contribution in [0.1, 0.15) is 41.0 Å². The third-order valence-electron chi connectivity index (χ3n) is 3.69. The van der Waals surface area contributed by atoms with Crippen LogP contribution in [0.25, 0.3) is 0 Å². The second-order valence-corrected chi connectivity index (χ2v) is 4.92. The molecule has 0 aromatic rings. The molecule has 0 aliphatic carbocycles. The number of ether oxygens (including phenoxy) is 2. The number of methoxy groups -OCH3 is 2. The van der Waals surface area contributed by atoms with E-state index in [4.69, 9.17) is 9.47 Å². The van der Waals surface area contributed by atoms with Crippen LogP contribution < -0.4 is 0 Å². The summed E-state index contributed by atoms with van der Waals surface area (Å²) < 4.78 is 11.1. The summed E-state index contributed by atoms with van der Waals surface area (Å²) >= 11 is 0. The average Bonchev–Trinajstić information content (AvgIpc) is 2.13. The van der Waals surface area contributed by atoms with Gasteiger partial charge in [-0.2, -0.15) is 0 Å². The average molecular weight is 202 g/mol. The Kier molecular flexibility index (Phi) is 5.10. The van der Waals surface area contributed by atoms with E-state index < -0.39 is 0 Å². The van der Waals surface area contributed by atoms with E-state index in [0.29, 0.717) is 12.5 Å². The summed E-state index contributed by atoms with van der Waals surface area (Å²) in [6, 6.07) is 0. The number of rotatable bonds is 6. The van der Waals surface area contributed by atoms with E-state index in [1.54, 1.807) is 14.2 Å². The molecule has 0 rings (SSSR count). The molecular formula is C12H26O2. The summed E-state index contributed by atoms with van der Waals surface area (Å²) in [4.78, 5) is 0. The van der Waals surface area contributed by atoms with Gasteiger partial charge in [-0.25, -0.2) is 0 Å². The third kappa shape index (κ3) is 2.29. The molecule has 0 aliphatic rings. The first-order chi connectivity index (χ1) is 6.38. The van der Waals surface area contributed by atoms with Crippen molar-refractivity contribution in [3.63, 3.8) is 0 Å². The van der Waals surface area contributed by atoms with Crippen molar-refractivity contribution in [3.8, 4) is 0 Å². The largest absolute Gasteiger partial charge is 0.382 e. The van der Waals surface area contributed by atoms with Gasteiger partial charge in [-0.3, -0.25) is 0 Å². The van der Waals surface area contributed by atoms with Crippen molar-refractivity contribution in [2.24, 2.45) is 11.3 Å². The highest BCUT2D eigenvalue weighted by atomic mass is 16.5. The molecule has 14 heavy (non-hydrogen) atoms. The van der Waals surface area contributed by atoms with Crippen molar-refractivity contribution in [1.82, 2.24) is 0 Å². The molecule has 0 saturated carbocycles. The van der Waals surface area contributed by atoms with Crippen LogP contribution in [0, 0.1) is 11.3 Å². The molecule has 0 aromatic heterocycles. The Hall–Kier alpha value is -0.0800. The summed E-state index contributed by atoms with van der Waals surface area (Å²) in [6.45, 7) is 11.7. The maximum absolute atomic E-state index is 5.77. The molecule has 2 nitrogen and oxygen atoms in total. The standard InChI is InChI=1S/C12H26O2/c1-8-11(4,5)12(14-7,9-13-6)10(2)3/h10H,8-9H2,1-7H3/t12-/m1/s1. The van der Waals surface area contributed by atoms with Gasteiger partial charge < -0.3 is 9.47 Å². The van der Waals surface area contributed by atoms with Crippen molar-refractivity contribution in [2.45, 2.75) is 46.6 Å². The lowest BCUT2D eigenvalue weighted by atomic mass is 9.67. The predicted molar refractivity (Wildman–Crippen MR) is 60.5 cm³/mol. The lowest BCUT2D eigenvalue weighted by Gasteiger charge is -2.48. The minimum atomic E-state index is -0.184. The van der Waals surface area contributed by atoms with E-state index >= 15 is 0 Å². The highest BCUT2D eigenvalue weighted by Gasteiger charge is 2.46. The van der Waals surface area contributed by atoms with Gasteiger partial charge in [0.25, 0.3) is 0 Å². The Morgan fingerprint density at radius 1 is 1.14 bits per heavy atom. The van der Waals surface area contributed by atoms with Crippen molar-refractivity contribution in [3.05, 3.63) is 0 Å². The SMILES string of the molecule is CCC(C)(C)[C@](COC)(OC)C(C)C. The topological polar surface area (TPSA) is 18.5 Å². The number of hydrogen-bond acceptors (Lipinski definition) is 2. The third-order valence-corrected chi connectivity index (χ3v) is 3.69. The highest BCUT2D eigenvalue weighted by Crippen LogP contribution is 2.42. The summed E-state index contributed by atoms with van der Waals surface area (Å²) in [5.74, 6) is 0.447. The normalized spacial score (nSPS) is 17.1. The zero-order valence-electron chi connectivity index (χ0n) is 10.8. The first-order valence-electron chi connectivity index (χ1n) is 5.42. The first kappa shape index (κ1) is 13.9. The van der Waals surface area contributed by atoms with Gasteiger partial charge in [-0.05, 0) is 17.8 Å². The van der Waals surface area contributed by atoms with Crippen LogP contribution in [0.15, 0.2) is 0 Å². The molecule has 0 saturated heterocycles. The molecule has 1 atom stereocenters. The minimum Gasteiger partial charge on any atom is -0.382 e. The smallest absolute Gasteiger partial charge is 0.0983 e. The quantitative estimate of drug-likeness (QED) is 0.659. The molecule has 2 heteroatoms. The molecule has 0 fully saturated rings. The summed E-state index contributed by atoms with van der Waals surface area (Å²) in [5.41, 5.74) is -0.0531. The maximum atomic E-state index is 5.77. The van der Waals surface area contributed by atoms with Crippen molar-refractivity contribution >= 4 is 0 Å². The van der Waals surface area contributed by atoms with E-state index in [2.05, 4.69) is 34.6 Å². The Bertz CT molecular complexity index is 164. The van der Waals surface area contributed by atoms with Crippen molar-refractivity contribution in [1.29, 1.82) is 0 Å². The van der Waals surface area contributed by atoms with E-state index in [1.807, 2.05) is 0 Å². The lowest BCUT2D eigenvalue weighted by Crippen LogP contribution is -2.53. The van der Waals surface area contributed by atoms with E-state index in [9.17, 15) is 0 Å². The lowest BCUT2D eigenvalue weighted by molar-refractivity contribution is -0.165. The molecule has 0 N–H and O–H groups in total. The Morgan fingerprint density at radius 3 is 1.86 bits per heavy atom.